The summed E-state index contributed by atoms with van der Waals surface area (Å²) in [5, 5.41) is 18.4. The molecular weight excluding hydrogens is 266 g/mol. The van der Waals surface area contributed by atoms with Crippen LogP contribution in [0.25, 0.3) is 0 Å². The van der Waals surface area contributed by atoms with Gasteiger partial charge in [-0.1, -0.05) is 13.0 Å². The Hall–Kier alpha value is -1.12. The quantitative estimate of drug-likeness (QED) is 0.835. The van der Waals surface area contributed by atoms with Gasteiger partial charge < -0.3 is 5.11 Å². The normalized spacial score (nSPS) is 11.0. The molecule has 0 aliphatic rings. The first-order valence-electron chi connectivity index (χ1n) is 5.50. The van der Waals surface area contributed by atoms with Crippen LogP contribution in [-0.4, -0.2) is 21.6 Å². The molecule has 0 bridgehead atoms. The maximum absolute atomic E-state index is 11.1. The van der Waals surface area contributed by atoms with Gasteiger partial charge in [-0.05, 0) is 31.7 Å². The fraction of sp³-hybridized carbons (Fsp3) is 0.385. The molecule has 0 atom stereocenters. The highest BCUT2D eigenvalue weighted by Gasteiger charge is 2.29. The van der Waals surface area contributed by atoms with E-state index in [0.717, 1.165) is 15.5 Å². The maximum atomic E-state index is 11.1. The van der Waals surface area contributed by atoms with E-state index in [1.54, 1.807) is 31.7 Å². The van der Waals surface area contributed by atoms with Gasteiger partial charge in [-0.3, -0.25) is 4.79 Å². The zero-order chi connectivity index (χ0) is 13.8. The van der Waals surface area contributed by atoms with Gasteiger partial charge in [0.05, 0.1) is 5.56 Å². The summed E-state index contributed by atoms with van der Waals surface area (Å²) in [5.41, 5.74) is 0.573. The van der Waals surface area contributed by atoms with Gasteiger partial charge in [0.2, 0.25) is 0 Å². The van der Waals surface area contributed by atoms with Gasteiger partial charge in [0.15, 0.2) is 0 Å². The van der Waals surface area contributed by atoms with Crippen LogP contribution >= 0.6 is 23.5 Å². The molecule has 0 aliphatic carbocycles. The van der Waals surface area contributed by atoms with Crippen LogP contribution in [0.1, 0.15) is 26.3 Å². The van der Waals surface area contributed by atoms with Gasteiger partial charge in [0.1, 0.15) is 10.8 Å². The molecule has 1 N–H and O–H groups in total. The van der Waals surface area contributed by atoms with Crippen molar-refractivity contribution in [3.63, 3.8) is 0 Å². The number of carbonyl (C=O) groups is 1. The summed E-state index contributed by atoms with van der Waals surface area (Å²) in [6.45, 7) is 5.30. The molecule has 18 heavy (non-hydrogen) atoms. The first-order chi connectivity index (χ1) is 8.42. The second-order valence-electron chi connectivity index (χ2n) is 4.09. The predicted molar refractivity (Wildman–Crippen MR) is 75.1 cm³/mol. The lowest BCUT2D eigenvalue weighted by Gasteiger charge is -2.19. The number of carboxylic acid groups (broad SMARTS) is 1. The Morgan fingerprint density at radius 3 is 2.56 bits per heavy atom. The maximum Gasteiger partial charge on any atom is 0.319 e. The van der Waals surface area contributed by atoms with E-state index >= 15 is 0 Å². The molecule has 1 rings (SSSR count). The minimum absolute atomic E-state index is 0.573. The van der Waals surface area contributed by atoms with Crippen LogP contribution in [0.2, 0.25) is 0 Å². The van der Waals surface area contributed by atoms with Gasteiger partial charge in [0, 0.05) is 9.79 Å². The average Bonchev–Trinajstić information content (AvgIpc) is 2.29. The van der Waals surface area contributed by atoms with E-state index in [4.69, 9.17) is 5.11 Å². The van der Waals surface area contributed by atoms with Gasteiger partial charge in [-0.15, -0.1) is 23.5 Å². The molecule has 0 aliphatic heterocycles. The van der Waals surface area contributed by atoms with E-state index in [1.165, 1.54) is 11.8 Å². The predicted octanol–water partition coefficient (Wildman–Crippen LogP) is 3.63. The lowest BCUT2D eigenvalue weighted by Crippen LogP contribution is -2.27. The van der Waals surface area contributed by atoms with E-state index in [-0.39, 0.29) is 0 Å². The highest BCUT2D eigenvalue weighted by atomic mass is 32.2. The number of benzene rings is 1. The summed E-state index contributed by atoms with van der Waals surface area (Å²) < 4.78 is -0.943. The summed E-state index contributed by atoms with van der Waals surface area (Å²) in [4.78, 5) is 12.8. The van der Waals surface area contributed by atoms with Gasteiger partial charge in [-0.25, -0.2) is 0 Å². The minimum Gasteiger partial charge on any atom is -0.480 e. The zero-order valence-electron chi connectivity index (χ0n) is 10.6. The Labute approximate surface area is 116 Å². The van der Waals surface area contributed by atoms with Crippen molar-refractivity contribution in [2.75, 3.05) is 5.75 Å². The summed E-state index contributed by atoms with van der Waals surface area (Å²) >= 11 is 2.80. The monoisotopic (exact) mass is 281 g/mol. The van der Waals surface area contributed by atoms with E-state index < -0.39 is 10.7 Å². The van der Waals surface area contributed by atoms with Gasteiger partial charge in [0.25, 0.3) is 0 Å². The SMILES string of the molecule is CCSc1cccc(SC(C)(C)C(=O)O)c1C#N. The Kier molecular flexibility index (Phi) is 5.12. The van der Waals surface area contributed by atoms with Crippen LogP contribution in [0.3, 0.4) is 0 Å². The molecule has 0 unspecified atom stereocenters. The van der Waals surface area contributed by atoms with Crippen molar-refractivity contribution in [3.05, 3.63) is 23.8 Å². The van der Waals surface area contributed by atoms with E-state index in [2.05, 4.69) is 6.07 Å². The Bertz CT molecular complexity index is 492. The zero-order valence-corrected chi connectivity index (χ0v) is 12.2. The molecular formula is C13H15NO2S2. The number of hydrogen-bond donors (Lipinski definition) is 1. The van der Waals surface area contributed by atoms with Gasteiger partial charge in [-0.2, -0.15) is 5.26 Å². The molecule has 1 aromatic carbocycles. The standard InChI is InChI=1S/C13H15NO2S2/c1-4-17-10-6-5-7-11(9(10)8-14)18-13(2,3)12(15)16/h5-7H,4H2,1-3H3,(H,15,16). The fourth-order valence-corrected chi connectivity index (χ4v) is 3.19. The summed E-state index contributed by atoms with van der Waals surface area (Å²) in [6, 6.07) is 7.73. The molecule has 0 amide bonds. The van der Waals surface area contributed by atoms with Crippen LogP contribution in [0.4, 0.5) is 0 Å². The highest BCUT2D eigenvalue weighted by molar-refractivity contribution is 8.01. The fourth-order valence-electron chi connectivity index (χ4n) is 1.30. The van der Waals surface area contributed by atoms with Crippen LogP contribution in [0, 0.1) is 11.3 Å². The van der Waals surface area contributed by atoms with Crippen molar-refractivity contribution in [1.82, 2.24) is 0 Å². The summed E-state index contributed by atoms with van der Waals surface area (Å²) in [6.07, 6.45) is 0. The lowest BCUT2D eigenvalue weighted by molar-refractivity contribution is -0.138. The van der Waals surface area contributed by atoms with Crippen molar-refractivity contribution < 1.29 is 9.90 Å². The largest absolute Gasteiger partial charge is 0.480 e. The first kappa shape index (κ1) is 14.9. The van der Waals surface area contributed by atoms with Crippen LogP contribution in [0.15, 0.2) is 28.0 Å². The third-order valence-electron chi connectivity index (χ3n) is 2.28. The molecule has 5 heteroatoms. The van der Waals surface area contributed by atoms with Crippen LogP contribution < -0.4 is 0 Å². The van der Waals surface area contributed by atoms with Crippen molar-refractivity contribution in [1.29, 1.82) is 5.26 Å². The Balaban J connectivity index is 3.14. The smallest absolute Gasteiger partial charge is 0.319 e. The number of rotatable bonds is 5. The first-order valence-corrected chi connectivity index (χ1v) is 7.31. The minimum atomic E-state index is -0.943. The van der Waals surface area contributed by atoms with Crippen LogP contribution in [0.5, 0.6) is 0 Å². The molecule has 3 nitrogen and oxygen atoms in total. The molecule has 1 aromatic rings. The number of thioether (sulfide) groups is 2. The second kappa shape index (κ2) is 6.17. The van der Waals surface area contributed by atoms with E-state index in [0.29, 0.717) is 5.56 Å². The van der Waals surface area contributed by atoms with Gasteiger partial charge >= 0.3 is 5.97 Å². The number of hydrogen-bond acceptors (Lipinski definition) is 4. The highest BCUT2D eigenvalue weighted by Crippen LogP contribution is 2.37. The molecule has 0 radical (unpaired) electrons. The van der Waals surface area contributed by atoms with E-state index in [1.807, 2.05) is 19.1 Å². The molecule has 0 spiro atoms. The Morgan fingerprint density at radius 2 is 2.06 bits per heavy atom. The Morgan fingerprint density at radius 1 is 1.44 bits per heavy atom. The topological polar surface area (TPSA) is 61.1 Å². The van der Waals surface area contributed by atoms with Crippen molar-refractivity contribution in [2.24, 2.45) is 0 Å². The van der Waals surface area contributed by atoms with Crippen molar-refractivity contribution in [3.8, 4) is 6.07 Å². The van der Waals surface area contributed by atoms with E-state index in [9.17, 15) is 10.1 Å². The molecule has 0 saturated carbocycles. The third-order valence-corrected chi connectivity index (χ3v) is 4.46. The van der Waals surface area contributed by atoms with Crippen molar-refractivity contribution >= 4 is 29.5 Å². The number of aliphatic carboxylic acids is 1. The molecule has 96 valence electrons. The van der Waals surface area contributed by atoms with Crippen LogP contribution in [-0.2, 0) is 4.79 Å². The third kappa shape index (κ3) is 3.44. The molecule has 0 saturated heterocycles. The molecule has 0 aromatic heterocycles. The number of nitriles is 1. The average molecular weight is 281 g/mol. The molecule has 0 fully saturated rings. The molecule has 0 heterocycles. The summed E-state index contributed by atoms with van der Waals surface area (Å²) in [7, 11) is 0. The van der Waals surface area contributed by atoms with Crippen molar-refractivity contribution in [2.45, 2.75) is 35.3 Å². The second-order valence-corrected chi connectivity index (χ2v) is 7.06. The number of nitrogens with zero attached hydrogens (tertiary/aromatic N) is 1. The lowest BCUT2D eigenvalue weighted by atomic mass is 10.2. The number of carboxylic acids is 1. The summed E-state index contributed by atoms with van der Waals surface area (Å²) in [5.74, 6) is -0.00423.